The highest BCUT2D eigenvalue weighted by Gasteiger charge is 2.21. The molecular formula is C23H32O6Si2. The second-order valence-electron chi connectivity index (χ2n) is 9.43. The predicted molar refractivity (Wildman–Crippen MR) is 126 cm³/mol. The van der Waals surface area contributed by atoms with Gasteiger partial charge in [-0.2, -0.15) is 0 Å². The number of hydrogen-bond acceptors (Lipinski definition) is 6. The van der Waals surface area contributed by atoms with Gasteiger partial charge >= 0.3 is 11.9 Å². The van der Waals surface area contributed by atoms with E-state index in [-0.39, 0.29) is 0 Å². The first-order valence-corrected chi connectivity index (χ1v) is 17.4. The molecule has 2 aromatic carbocycles. The van der Waals surface area contributed by atoms with E-state index in [4.69, 9.17) is 19.6 Å². The number of carbonyl (C=O) groups excluding carboxylic acids is 2. The summed E-state index contributed by atoms with van der Waals surface area (Å²) in [5.41, 5.74) is 0.743. The van der Waals surface area contributed by atoms with Gasteiger partial charge in [0.05, 0.1) is 27.3 Å². The van der Waals surface area contributed by atoms with Gasteiger partial charge in [0.2, 0.25) is 6.29 Å². The highest BCUT2D eigenvalue weighted by atomic mass is 28.3. The molecule has 0 atom stereocenters. The van der Waals surface area contributed by atoms with Gasteiger partial charge in [0.25, 0.3) is 0 Å². The van der Waals surface area contributed by atoms with Crippen LogP contribution in [-0.2, 0) is 19.6 Å². The summed E-state index contributed by atoms with van der Waals surface area (Å²) < 4.78 is 0. The van der Waals surface area contributed by atoms with Gasteiger partial charge in [0, 0.05) is 6.42 Å². The van der Waals surface area contributed by atoms with Crippen molar-refractivity contribution in [1.82, 2.24) is 0 Å². The first kappa shape index (κ1) is 25.0. The molecule has 31 heavy (non-hydrogen) atoms. The molecular weight excluding hydrogens is 428 g/mol. The lowest BCUT2D eigenvalue weighted by atomic mass is 10.2. The van der Waals surface area contributed by atoms with E-state index >= 15 is 0 Å². The zero-order valence-corrected chi connectivity index (χ0v) is 21.4. The van der Waals surface area contributed by atoms with Gasteiger partial charge in [-0.15, -0.1) is 9.78 Å². The summed E-state index contributed by atoms with van der Waals surface area (Å²) in [5.74, 6) is -1.28. The molecule has 0 radical (unpaired) electrons. The molecule has 168 valence electrons. The van der Waals surface area contributed by atoms with Crippen LogP contribution in [0.4, 0.5) is 0 Å². The fourth-order valence-electron chi connectivity index (χ4n) is 2.66. The first-order valence-electron chi connectivity index (χ1n) is 10.4. The average molecular weight is 461 g/mol. The maximum absolute atomic E-state index is 12.2. The zero-order chi connectivity index (χ0) is 23.2. The number of rotatable bonds is 9. The summed E-state index contributed by atoms with van der Waals surface area (Å²) in [6.07, 6.45) is -0.723. The molecule has 0 saturated carbocycles. The molecule has 0 unspecified atom stereocenters. The van der Waals surface area contributed by atoms with Gasteiger partial charge in [0.15, 0.2) is 0 Å². The predicted octanol–water partition coefficient (Wildman–Crippen LogP) is 4.39. The third-order valence-electron chi connectivity index (χ3n) is 4.77. The molecule has 0 aliphatic carbocycles. The molecule has 0 bridgehead atoms. The van der Waals surface area contributed by atoms with Crippen LogP contribution < -0.4 is 10.4 Å². The van der Waals surface area contributed by atoms with Crippen LogP contribution in [0.5, 0.6) is 0 Å². The quantitative estimate of drug-likeness (QED) is 0.239. The van der Waals surface area contributed by atoms with Crippen molar-refractivity contribution >= 4 is 38.5 Å². The second-order valence-corrected chi connectivity index (χ2v) is 19.6. The van der Waals surface area contributed by atoms with E-state index in [1.165, 1.54) is 10.4 Å². The first-order chi connectivity index (χ1) is 14.4. The minimum absolute atomic E-state index is 0.309. The van der Waals surface area contributed by atoms with E-state index in [1.54, 1.807) is 31.2 Å². The van der Waals surface area contributed by atoms with Crippen LogP contribution in [0.1, 0.15) is 34.1 Å². The van der Waals surface area contributed by atoms with Crippen LogP contribution in [0, 0.1) is 0 Å². The minimum Gasteiger partial charge on any atom is -0.290 e. The zero-order valence-electron chi connectivity index (χ0n) is 19.4. The Morgan fingerprint density at radius 1 is 0.677 bits per heavy atom. The van der Waals surface area contributed by atoms with Gasteiger partial charge in [-0.1, -0.05) is 80.8 Å². The Balaban J connectivity index is 1.86. The molecule has 0 aliphatic rings. The summed E-state index contributed by atoms with van der Waals surface area (Å²) in [6.45, 7) is 15.1. The second kappa shape index (κ2) is 10.4. The van der Waals surface area contributed by atoms with Gasteiger partial charge < -0.3 is 0 Å². The van der Waals surface area contributed by atoms with Crippen LogP contribution in [0.2, 0.25) is 39.3 Å². The Kier molecular flexibility index (Phi) is 8.36. The Morgan fingerprint density at radius 3 is 1.26 bits per heavy atom. The summed E-state index contributed by atoms with van der Waals surface area (Å²) in [5, 5.41) is 2.48. The molecule has 6 nitrogen and oxygen atoms in total. The molecule has 8 heteroatoms. The van der Waals surface area contributed by atoms with Crippen LogP contribution >= 0.6 is 0 Å². The van der Waals surface area contributed by atoms with Crippen molar-refractivity contribution in [1.29, 1.82) is 0 Å². The van der Waals surface area contributed by atoms with E-state index in [1.807, 2.05) is 24.3 Å². The van der Waals surface area contributed by atoms with Crippen LogP contribution in [0.15, 0.2) is 48.5 Å². The van der Waals surface area contributed by atoms with Crippen molar-refractivity contribution in [2.45, 2.75) is 58.9 Å². The molecule has 0 saturated heterocycles. The van der Waals surface area contributed by atoms with Gasteiger partial charge in [-0.05, 0) is 24.3 Å². The third-order valence-corrected chi connectivity index (χ3v) is 8.90. The largest absolute Gasteiger partial charge is 0.373 e. The molecule has 0 aliphatic heterocycles. The third kappa shape index (κ3) is 7.43. The van der Waals surface area contributed by atoms with Crippen LogP contribution in [-0.4, -0.2) is 34.4 Å². The summed E-state index contributed by atoms with van der Waals surface area (Å²) in [4.78, 5) is 44.2. The maximum atomic E-state index is 12.2. The maximum Gasteiger partial charge on any atom is 0.373 e. The smallest absolute Gasteiger partial charge is 0.290 e. The number of hydrogen-bond donors (Lipinski definition) is 0. The lowest BCUT2D eigenvalue weighted by Gasteiger charge is -2.17. The summed E-state index contributed by atoms with van der Waals surface area (Å²) in [6, 6.07) is 14.6. The van der Waals surface area contributed by atoms with Crippen molar-refractivity contribution in [2.24, 2.45) is 0 Å². The summed E-state index contributed by atoms with van der Waals surface area (Å²) >= 11 is 0. The molecule has 0 amide bonds. The number of carbonyl (C=O) groups is 2. The van der Waals surface area contributed by atoms with Crippen molar-refractivity contribution < 1.29 is 29.1 Å². The SMILES string of the molecule is CCC(OOC(=O)c1ccc([Si](C)(C)C)cc1)OOC(=O)c1ccc([Si](C)(C)C)cc1. The molecule has 2 rings (SSSR count). The number of benzene rings is 2. The van der Waals surface area contributed by atoms with E-state index in [0.717, 1.165) is 0 Å². The molecule has 0 spiro atoms. The Morgan fingerprint density at radius 2 is 1.00 bits per heavy atom. The van der Waals surface area contributed by atoms with Crippen LogP contribution in [0.3, 0.4) is 0 Å². The highest BCUT2D eigenvalue weighted by Crippen LogP contribution is 2.11. The normalized spacial score (nSPS) is 12.0. The van der Waals surface area contributed by atoms with E-state index in [2.05, 4.69) is 39.3 Å². The van der Waals surface area contributed by atoms with E-state index < -0.39 is 34.4 Å². The van der Waals surface area contributed by atoms with Crippen molar-refractivity contribution in [3.63, 3.8) is 0 Å². The Hall–Kier alpha value is -2.27. The summed E-state index contributed by atoms with van der Waals surface area (Å²) in [7, 11) is -2.89. The van der Waals surface area contributed by atoms with Crippen molar-refractivity contribution in [3.05, 3.63) is 59.7 Å². The fourth-order valence-corrected chi connectivity index (χ4v) is 4.99. The lowest BCUT2D eigenvalue weighted by molar-refractivity contribution is -0.420. The van der Waals surface area contributed by atoms with Crippen LogP contribution in [0.25, 0.3) is 0 Å². The Labute approximate surface area is 186 Å². The van der Waals surface area contributed by atoms with E-state index in [9.17, 15) is 9.59 Å². The highest BCUT2D eigenvalue weighted by molar-refractivity contribution is 6.89. The molecule has 0 aromatic heterocycles. The fraction of sp³-hybridized carbons (Fsp3) is 0.391. The average Bonchev–Trinajstić information content (AvgIpc) is 2.72. The van der Waals surface area contributed by atoms with Crippen molar-refractivity contribution in [3.8, 4) is 0 Å². The molecule has 2 aromatic rings. The molecule has 0 fully saturated rings. The van der Waals surface area contributed by atoms with Gasteiger partial charge in [0.1, 0.15) is 0 Å². The van der Waals surface area contributed by atoms with Gasteiger partial charge in [-0.3, -0.25) is 9.78 Å². The molecule has 0 heterocycles. The van der Waals surface area contributed by atoms with Gasteiger partial charge in [-0.25, -0.2) is 9.59 Å². The van der Waals surface area contributed by atoms with Crippen molar-refractivity contribution in [2.75, 3.05) is 0 Å². The Bertz CT molecular complexity index is 807. The van der Waals surface area contributed by atoms with E-state index in [0.29, 0.717) is 17.5 Å². The monoisotopic (exact) mass is 460 g/mol. The topological polar surface area (TPSA) is 71.1 Å². The standard InChI is InChI=1S/C23H32O6Si2/c1-8-21(26-28-22(24)17-9-13-19(14-10-17)30(2,3)4)27-29-23(25)18-11-15-20(16-12-18)31(5,6)7/h9-16,21H,8H2,1-7H3. The lowest BCUT2D eigenvalue weighted by Crippen LogP contribution is -2.37. The minimum atomic E-state index is -1.45. The molecule has 0 N–H and O–H groups in total.